The Morgan fingerprint density at radius 2 is 1.33 bits per heavy atom. The number of benzene rings is 4. The van der Waals surface area contributed by atoms with Gasteiger partial charge in [-0.15, -0.1) is 0 Å². The fourth-order valence-corrected chi connectivity index (χ4v) is 5.74. The summed E-state index contributed by atoms with van der Waals surface area (Å²) < 4.78 is 18.2. The molecule has 1 aliphatic carbocycles. The van der Waals surface area contributed by atoms with Crippen LogP contribution in [0.3, 0.4) is 0 Å². The van der Waals surface area contributed by atoms with Gasteiger partial charge in [-0.2, -0.15) is 0 Å². The zero-order chi connectivity index (χ0) is 29.8. The second kappa shape index (κ2) is 10.2. The number of Topliss-reactive ketones (excluding diaryl/α,β-unsaturated/α-hetero) is 2. The molecule has 0 atom stereocenters. The topological polar surface area (TPSA) is 104 Å². The van der Waals surface area contributed by atoms with Gasteiger partial charge in [-0.3, -0.25) is 14.4 Å². The van der Waals surface area contributed by atoms with Crippen molar-refractivity contribution in [1.82, 2.24) is 0 Å². The molecule has 0 N–H and O–H groups in total. The summed E-state index contributed by atoms with van der Waals surface area (Å²) in [5.74, 6) is -1.09. The van der Waals surface area contributed by atoms with Crippen LogP contribution in [0, 0.1) is 0 Å². The number of para-hydroxylation sites is 1. The molecule has 0 amide bonds. The van der Waals surface area contributed by atoms with Crippen molar-refractivity contribution in [3.05, 3.63) is 151 Å². The first kappa shape index (κ1) is 26.6. The number of halogens is 1. The van der Waals surface area contributed by atoms with Crippen LogP contribution >= 0.6 is 15.9 Å². The predicted molar refractivity (Wildman–Crippen MR) is 164 cm³/mol. The van der Waals surface area contributed by atoms with Crippen molar-refractivity contribution in [3.63, 3.8) is 0 Å². The van der Waals surface area contributed by atoms with Gasteiger partial charge in [-0.05, 0) is 54.1 Å². The molecule has 0 saturated carbocycles. The van der Waals surface area contributed by atoms with Gasteiger partial charge in [0.25, 0.3) is 0 Å². The van der Waals surface area contributed by atoms with E-state index in [1.807, 2.05) is 0 Å². The first-order valence-corrected chi connectivity index (χ1v) is 14.0. The van der Waals surface area contributed by atoms with Gasteiger partial charge in [-0.1, -0.05) is 64.5 Å². The van der Waals surface area contributed by atoms with E-state index < -0.39 is 23.0 Å². The molecule has 2 heterocycles. The molecular formula is C35H19BrO7. The highest BCUT2D eigenvalue weighted by Gasteiger charge is 2.39. The molecule has 43 heavy (non-hydrogen) atoms. The van der Waals surface area contributed by atoms with Crippen LogP contribution in [-0.4, -0.2) is 24.5 Å². The lowest BCUT2D eigenvalue weighted by molar-refractivity contribution is 0.0986. The van der Waals surface area contributed by atoms with Crippen LogP contribution in [0.15, 0.2) is 121 Å². The summed E-state index contributed by atoms with van der Waals surface area (Å²) in [4.78, 5) is 55.6. The highest BCUT2D eigenvalue weighted by atomic mass is 79.9. The van der Waals surface area contributed by atoms with Crippen LogP contribution in [-0.2, 0) is 0 Å². The third kappa shape index (κ3) is 4.18. The first-order chi connectivity index (χ1) is 20.9. The van der Waals surface area contributed by atoms with Crippen molar-refractivity contribution in [2.45, 2.75) is 0 Å². The Bertz CT molecular complexity index is 2200. The molecule has 0 aliphatic heterocycles. The molecular weight excluding hydrogens is 612 g/mol. The minimum absolute atomic E-state index is 0.0800. The minimum Gasteiger partial charge on any atom is -0.497 e. The number of carbonyl (C=O) groups is 3. The third-order valence-electron chi connectivity index (χ3n) is 7.51. The number of methoxy groups -OCH3 is 1. The van der Waals surface area contributed by atoms with Crippen LogP contribution in [0.5, 0.6) is 5.75 Å². The molecule has 0 saturated heterocycles. The summed E-state index contributed by atoms with van der Waals surface area (Å²) in [5, 5.41) is 0.378. The molecule has 7 nitrogen and oxygen atoms in total. The van der Waals surface area contributed by atoms with E-state index in [9.17, 15) is 19.2 Å². The van der Waals surface area contributed by atoms with Gasteiger partial charge < -0.3 is 13.6 Å². The average molecular weight is 631 g/mol. The van der Waals surface area contributed by atoms with Gasteiger partial charge in [0.05, 0.1) is 23.6 Å². The maximum Gasteiger partial charge on any atom is 0.348 e. The van der Waals surface area contributed by atoms with E-state index in [1.54, 1.807) is 97.1 Å². The zero-order valence-electron chi connectivity index (χ0n) is 22.5. The SMILES string of the molecule is COc1ccc(C(=C2C(=O)c3ccccc3C2=O)c2oc3c(c2C(=O)c2ccc(Br)cc2)c(=O)oc2ccccc23)cc1. The second-order valence-corrected chi connectivity index (χ2v) is 10.8. The molecule has 1 aliphatic rings. The summed E-state index contributed by atoms with van der Waals surface area (Å²) >= 11 is 3.39. The van der Waals surface area contributed by atoms with Crippen LogP contribution in [0.4, 0.5) is 0 Å². The van der Waals surface area contributed by atoms with E-state index in [1.165, 1.54) is 7.11 Å². The largest absolute Gasteiger partial charge is 0.497 e. The second-order valence-electron chi connectivity index (χ2n) is 9.91. The number of fused-ring (bicyclic) bond motifs is 4. The monoisotopic (exact) mass is 630 g/mol. The van der Waals surface area contributed by atoms with E-state index in [0.717, 1.165) is 4.47 Å². The van der Waals surface area contributed by atoms with Crippen molar-refractivity contribution in [2.24, 2.45) is 0 Å². The van der Waals surface area contributed by atoms with Gasteiger partial charge in [0.15, 0.2) is 22.9 Å². The molecule has 2 aromatic heterocycles. The van der Waals surface area contributed by atoms with Crippen LogP contribution in [0.25, 0.3) is 27.5 Å². The Labute approximate surface area is 252 Å². The quantitative estimate of drug-likeness (QED) is 0.0844. The van der Waals surface area contributed by atoms with Crippen molar-refractivity contribution < 1.29 is 28.0 Å². The lowest BCUT2D eigenvalue weighted by atomic mass is 9.90. The Morgan fingerprint density at radius 3 is 1.98 bits per heavy atom. The average Bonchev–Trinajstić information content (AvgIpc) is 3.55. The first-order valence-electron chi connectivity index (χ1n) is 13.2. The molecule has 0 bridgehead atoms. The lowest BCUT2D eigenvalue weighted by Crippen LogP contribution is -2.11. The number of hydrogen-bond acceptors (Lipinski definition) is 7. The molecule has 0 radical (unpaired) electrons. The highest BCUT2D eigenvalue weighted by molar-refractivity contribution is 9.10. The smallest absolute Gasteiger partial charge is 0.348 e. The molecule has 6 aromatic rings. The summed E-state index contributed by atoms with van der Waals surface area (Å²) in [6, 6.07) is 26.7. The zero-order valence-corrected chi connectivity index (χ0v) is 24.1. The number of ether oxygens (including phenoxy) is 1. The van der Waals surface area contributed by atoms with Gasteiger partial charge in [-0.25, -0.2) is 4.79 Å². The van der Waals surface area contributed by atoms with Crippen LogP contribution in [0.2, 0.25) is 0 Å². The number of furan rings is 1. The standard InChI is InChI=1S/C35H19BrO7/c1-41-21-16-12-18(13-17-21)26(27-31(38)22-6-2-3-7-23(22)32(27)39)34-28(30(37)19-10-14-20(36)15-11-19)29-33(43-34)24-8-4-5-9-25(24)42-35(29)40/h2-17H,1H3. The Balaban J connectivity index is 1.64. The Morgan fingerprint density at radius 1 is 0.721 bits per heavy atom. The van der Waals surface area contributed by atoms with Gasteiger partial charge >= 0.3 is 5.63 Å². The summed E-state index contributed by atoms with van der Waals surface area (Å²) in [7, 11) is 1.52. The van der Waals surface area contributed by atoms with Crippen molar-refractivity contribution in [3.8, 4) is 5.75 Å². The summed E-state index contributed by atoms with van der Waals surface area (Å²) in [5.41, 5.74) is 0.603. The maximum atomic E-state index is 14.3. The molecule has 7 rings (SSSR count). The maximum absolute atomic E-state index is 14.3. The molecule has 0 spiro atoms. The lowest BCUT2D eigenvalue weighted by Gasteiger charge is -2.12. The fraction of sp³-hybridized carbons (Fsp3) is 0.0286. The molecule has 0 unspecified atom stereocenters. The fourth-order valence-electron chi connectivity index (χ4n) is 5.47. The van der Waals surface area contributed by atoms with Crippen molar-refractivity contribution >= 4 is 60.8 Å². The third-order valence-corrected chi connectivity index (χ3v) is 8.04. The molecule has 4 aromatic carbocycles. The molecule has 8 heteroatoms. The predicted octanol–water partition coefficient (Wildman–Crippen LogP) is 7.42. The van der Waals surface area contributed by atoms with E-state index in [0.29, 0.717) is 16.7 Å². The van der Waals surface area contributed by atoms with Crippen LogP contribution < -0.4 is 10.4 Å². The van der Waals surface area contributed by atoms with Gasteiger partial charge in [0.2, 0.25) is 0 Å². The van der Waals surface area contributed by atoms with E-state index in [-0.39, 0.29) is 55.7 Å². The van der Waals surface area contributed by atoms with E-state index in [4.69, 9.17) is 13.6 Å². The molecule has 0 fully saturated rings. The minimum atomic E-state index is -0.782. The number of ketones is 3. The summed E-state index contributed by atoms with van der Waals surface area (Å²) in [6.45, 7) is 0. The number of hydrogen-bond donors (Lipinski definition) is 0. The normalized spacial score (nSPS) is 12.7. The van der Waals surface area contributed by atoms with Gasteiger partial charge in [0.1, 0.15) is 22.5 Å². The van der Waals surface area contributed by atoms with Crippen LogP contribution in [0.1, 0.15) is 48.0 Å². The van der Waals surface area contributed by atoms with Gasteiger partial charge in [0, 0.05) is 26.7 Å². The van der Waals surface area contributed by atoms with E-state index in [2.05, 4.69) is 15.9 Å². The van der Waals surface area contributed by atoms with E-state index >= 15 is 0 Å². The highest BCUT2D eigenvalue weighted by Crippen LogP contribution is 2.42. The molecule has 208 valence electrons. The number of carbonyl (C=O) groups excluding carboxylic acids is 3. The Hall–Kier alpha value is -5.34. The number of allylic oxidation sites excluding steroid dienone is 1. The number of rotatable bonds is 5. The Kier molecular flexibility index (Phi) is 6.29. The summed E-state index contributed by atoms with van der Waals surface area (Å²) in [6.07, 6.45) is 0. The van der Waals surface area contributed by atoms with Crippen molar-refractivity contribution in [1.29, 1.82) is 0 Å². The van der Waals surface area contributed by atoms with Crippen molar-refractivity contribution in [2.75, 3.05) is 7.11 Å².